The number of fused-ring (bicyclic) bond motifs is 1. The zero-order chi connectivity index (χ0) is 16.6. The second-order valence-corrected chi connectivity index (χ2v) is 5.66. The summed E-state index contributed by atoms with van der Waals surface area (Å²) in [4.78, 5) is 12.6. The van der Waals surface area contributed by atoms with E-state index in [2.05, 4.69) is 21.9 Å². The van der Waals surface area contributed by atoms with Crippen molar-refractivity contribution in [1.29, 1.82) is 0 Å². The van der Waals surface area contributed by atoms with E-state index >= 15 is 0 Å². The highest BCUT2D eigenvalue weighted by Crippen LogP contribution is 2.33. The Labute approximate surface area is 132 Å². The number of rotatable bonds is 5. The normalized spacial score (nSPS) is 27.8. The Bertz CT molecular complexity index is 691. The molecule has 2 aromatic rings. The molecule has 4 atom stereocenters. The molecule has 3 heterocycles. The highest BCUT2D eigenvalue weighted by atomic mass is 16.6. The van der Waals surface area contributed by atoms with Crippen molar-refractivity contribution in [3.63, 3.8) is 0 Å². The molecule has 0 aromatic carbocycles. The Kier molecular flexibility index (Phi) is 4.44. The van der Waals surface area contributed by atoms with Crippen LogP contribution in [-0.4, -0.2) is 59.8 Å². The van der Waals surface area contributed by atoms with Crippen LogP contribution in [0.25, 0.3) is 11.2 Å². The number of aromatic nitrogens is 4. The quantitative estimate of drug-likeness (QED) is 0.570. The number of nitrogen functional groups attached to an aromatic ring is 1. The van der Waals surface area contributed by atoms with Crippen LogP contribution in [-0.2, 0) is 11.2 Å². The standard InChI is InChI=1S/C14H21N5O4/c1-2-3-4-8-18-9-12(15)16-6-17-13(9)19(8)14-11(22)10(21)7(5-20)23-14/h6-7,10-11,14,20-22H,2-5H2,1H3,(H2,15,16,17)/t7-,10-,11-,14-/m1/s1. The number of imidazole rings is 1. The fourth-order valence-electron chi connectivity index (χ4n) is 2.84. The summed E-state index contributed by atoms with van der Waals surface area (Å²) in [5.74, 6) is 0.905. The highest BCUT2D eigenvalue weighted by molar-refractivity contribution is 5.81. The topological polar surface area (TPSA) is 140 Å². The van der Waals surface area contributed by atoms with E-state index in [4.69, 9.17) is 10.5 Å². The average Bonchev–Trinajstić information content (AvgIpc) is 3.05. The number of aliphatic hydroxyl groups is 3. The third-order valence-corrected chi connectivity index (χ3v) is 4.10. The number of nitrogens with zero attached hydrogens (tertiary/aromatic N) is 4. The Balaban J connectivity index is 2.09. The van der Waals surface area contributed by atoms with Gasteiger partial charge in [-0.25, -0.2) is 15.0 Å². The van der Waals surface area contributed by atoms with Crippen LogP contribution in [0.1, 0.15) is 31.8 Å². The molecule has 1 aliphatic heterocycles. The van der Waals surface area contributed by atoms with E-state index < -0.39 is 24.5 Å². The SMILES string of the molecule is CCCCc1nc2c(N)ncnc2n1[C@@H]1O[C@H](CO)[C@@H](O)[C@H]1O. The number of nitrogens with two attached hydrogens (primary N) is 1. The van der Waals surface area contributed by atoms with Crippen molar-refractivity contribution >= 4 is 17.0 Å². The fraction of sp³-hybridized carbons (Fsp3) is 0.643. The molecule has 0 bridgehead atoms. The second-order valence-electron chi connectivity index (χ2n) is 5.66. The first-order valence-corrected chi connectivity index (χ1v) is 7.68. The van der Waals surface area contributed by atoms with E-state index in [0.29, 0.717) is 23.4 Å². The summed E-state index contributed by atoms with van der Waals surface area (Å²) in [6.45, 7) is 1.68. The van der Waals surface area contributed by atoms with Crippen LogP contribution in [0.3, 0.4) is 0 Å². The molecule has 5 N–H and O–H groups in total. The van der Waals surface area contributed by atoms with Crippen molar-refractivity contribution in [2.75, 3.05) is 12.3 Å². The van der Waals surface area contributed by atoms with Crippen LogP contribution in [0.2, 0.25) is 0 Å². The maximum Gasteiger partial charge on any atom is 0.167 e. The molecule has 0 unspecified atom stereocenters. The first-order valence-electron chi connectivity index (χ1n) is 7.68. The predicted molar refractivity (Wildman–Crippen MR) is 81.4 cm³/mol. The molecule has 1 saturated heterocycles. The summed E-state index contributed by atoms with van der Waals surface area (Å²) in [5, 5.41) is 29.6. The number of unbranched alkanes of at least 4 members (excludes halogenated alkanes) is 1. The maximum absolute atomic E-state index is 10.3. The van der Waals surface area contributed by atoms with Crippen molar-refractivity contribution in [1.82, 2.24) is 19.5 Å². The number of hydrogen-bond donors (Lipinski definition) is 4. The lowest BCUT2D eigenvalue weighted by Gasteiger charge is -2.19. The predicted octanol–water partition coefficient (Wildman–Crippen LogP) is -0.637. The van der Waals surface area contributed by atoms with Crippen LogP contribution in [0.4, 0.5) is 5.82 Å². The number of ether oxygens (including phenoxy) is 1. The minimum atomic E-state index is -1.19. The van der Waals surface area contributed by atoms with Gasteiger partial charge in [0.2, 0.25) is 0 Å². The summed E-state index contributed by atoms with van der Waals surface area (Å²) in [7, 11) is 0. The second kappa shape index (κ2) is 6.36. The molecule has 1 fully saturated rings. The molecule has 9 nitrogen and oxygen atoms in total. The van der Waals surface area contributed by atoms with Crippen LogP contribution < -0.4 is 5.73 Å². The number of aliphatic hydroxyl groups excluding tert-OH is 3. The van der Waals surface area contributed by atoms with Crippen LogP contribution in [0.15, 0.2) is 6.33 Å². The van der Waals surface area contributed by atoms with Crippen molar-refractivity contribution in [3.8, 4) is 0 Å². The van der Waals surface area contributed by atoms with Crippen molar-refractivity contribution in [2.24, 2.45) is 0 Å². The van der Waals surface area contributed by atoms with Gasteiger partial charge in [-0.15, -0.1) is 0 Å². The van der Waals surface area contributed by atoms with Crippen LogP contribution in [0, 0.1) is 0 Å². The van der Waals surface area contributed by atoms with Gasteiger partial charge in [0, 0.05) is 6.42 Å². The van der Waals surface area contributed by atoms with Gasteiger partial charge in [-0.2, -0.15) is 0 Å². The van der Waals surface area contributed by atoms with E-state index in [9.17, 15) is 15.3 Å². The van der Waals surface area contributed by atoms with E-state index in [1.807, 2.05) is 0 Å². The molecule has 126 valence electrons. The molecule has 2 aromatic heterocycles. The van der Waals surface area contributed by atoms with Crippen molar-refractivity contribution in [2.45, 2.75) is 50.7 Å². The van der Waals surface area contributed by atoms with Crippen molar-refractivity contribution < 1.29 is 20.1 Å². The minimum absolute atomic E-state index is 0.248. The maximum atomic E-state index is 10.3. The fourth-order valence-corrected chi connectivity index (χ4v) is 2.84. The monoisotopic (exact) mass is 323 g/mol. The van der Waals surface area contributed by atoms with E-state index in [1.165, 1.54) is 6.33 Å². The average molecular weight is 323 g/mol. The molecule has 0 aliphatic carbocycles. The number of anilines is 1. The third-order valence-electron chi connectivity index (χ3n) is 4.10. The van der Waals surface area contributed by atoms with Gasteiger partial charge in [0.05, 0.1) is 6.61 Å². The summed E-state index contributed by atoms with van der Waals surface area (Å²) < 4.78 is 7.27. The molecule has 0 spiro atoms. The number of hydrogen-bond acceptors (Lipinski definition) is 8. The third kappa shape index (κ3) is 2.65. The highest BCUT2D eigenvalue weighted by Gasteiger charge is 2.44. The molecule has 1 aliphatic rings. The molecule has 3 rings (SSSR count). The zero-order valence-corrected chi connectivity index (χ0v) is 12.8. The van der Waals surface area contributed by atoms with Gasteiger partial charge < -0.3 is 25.8 Å². The smallest absolute Gasteiger partial charge is 0.167 e. The Morgan fingerprint density at radius 2 is 2.09 bits per heavy atom. The lowest BCUT2D eigenvalue weighted by Crippen LogP contribution is -2.33. The summed E-state index contributed by atoms with van der Waals surface area (Å²) in [6.07, 6.45) is -0.272. The summed E-state index contributed by atoms with van der Waals surface area (Å²) in [5.41, 5.74) is 6.75. The molecule has 0 saturated carbocycles. The van der Waals surface area contributed by atoms with Gasteiger partial charge in [-0.3, -0.25) is 4.57 Å². The van der Waals surface area contributed by atoms with E-state index in [0.717, 1.165) is 12.8 Å². The minimum Gasteiger partial charge on any atom is -0.394 e. The Morgan fingerprint density at radius 1 is 1.30 bits per heavy atom. The Hall–Kier alpha value is -1.81. The van der Waals surface area contributed by atoms with E-state index in [1.54, 1.807) is 4.57 Å². The van der Waals surface area contributed by atoms with Gasteiger partial charge in [-0.1, -0.05) is 13.3 Å². The summed E-state index contributed by atoms with van der Waals surface area (Å²) >= 11 is 0. The lowest BCUT2D eigenvalue weighted by atomic mass is 10.1. The molecule has 0 amide bonds. The van der Waals surface area contributed by atoms with Gasteiger partial charge in [-0.05, 0) is 6.42 Å². The zero-order valence-electron chi connectivity index (χ0n) is 12.8. The van der Waals surface area contributed by atoms with Gasteiger partial charge in [0.1, 0.15) is 30.5 Å². The molecular weight excluding hydrogens is 302 g/mol. The molecule has 0 radical (unpaired) electrons. The summed E-state index contributed by atoms with van der Waals surface area (Å²) in [6, 6.07) is 0. The lowest BCUT2D eigenvalue weighted by molar-refractivity contribution is -0.0522. The van der Waals surface area contributed by atoms with E-state index in [-0.39, 0.29) is 12.4 Å². The molecular formula is C14H21N5O4. The van der Waals surface area contributed by atoms with Crippen LogP contribution >= 0.6 is 0 Å². The van der Waals surface area contributed by atoms with Gasteiger partial charge >= 0.3 is 0 Å². The number of aryl methyl sites for hydroxylation is 1. The van der Waals surface area contributed by atoms with Crippen LogP contribution in [0.5, 0.6) is 0 Å². The van der Waals surface area contributed by atoms with Crippen molar-refractivity contribution in [3.05, 3.63) is 12.2 Å². The molecule has 9 heteroatoms. The van der Waals surface area contributed by atoms with Gasteiger partial charge in [0.25, 0.3) is 0 Å². The first-order chi connectivity index (χ1) is 11.1. The first kappa shape index (κ1) is 16.1. The Morgan fingerprint density at radius 3 is 2.74 bits per heavy atom. The largest absolute Gasteiger partial charge is 0.394 e. The molecule has 23 heavy (non-hydrogen) atoms. The van der Waals surface area contributed by atoms with Gasteiger partial charge in [0.15, 0.2) is 23.2 Å².